The SMILES string of the molecule is CC(C)NCC(c1coc2ccccc12)N(C)C. The molecule has 98 valence electrons. The largest absolute Gasteiger partial charge is 0.464 e. The predicted octanol–water partition coefficient (Wildman–Crippen LogP) is 3.03. The zero-order valence-electron chi connectivity index (χ0n) is 11.6. The van der Waals surface area contributed by atoms with Crippen LogP contribution in [0.4, 0.5) is 0 Å². The molecule has 1 N–H and O–H groups in total. The van der Waals surface area contributed by atoms with Crippen molar-refractivity contribution in [1.82, 2.24) is 10.2 Å². The van der Waals surface area contributed by atoms with E-state index in [9.17, 15) is 0 Å². The molecule has 0 aliphatic heterocycles. The summed E-state index contributed by atoms with van der Waals surface area (Å²) in [5.41, 5.74) is 2.22. The molecule has 2 aromatic rings. The summed E-state index contributed by atoms with van der Waals surface area (Å²) < 4.78 is 5.63. The minimum absolute atomic E-state index is 0.330. The Morgan fingerprint density at radius 1 is 1.22 bits per heavy atom. The fourth-order valence-corrected chi connectivity index (χ4v) is 2.17. The van der Waals surface area contributed by atoms with Gasteiger partial charge in [0.2, 0.25) is 0 Å². The molecule has 0 aliphatic rings. The van der Waals surface area contributed by atoms with Crippen LogP contribution in [0.2, 0.25) is 0 Å². The third-order valence-corrected chi connectivity index (χ3v) is 3.21. The third kappa shape index (κ3) is 2.74. The number of rotatable bonds is 5. The second kappa shape index (κ2) is 5.55. The first-order valence-electron chi connectivity index (χ1n) is 6.45. The van der Waals surface area contributed by atoms with Crippen molar-refractivity contribution in [1.29, 1.82) is 0 Å². The Hall–Kier alpha value is -1.32. The summed E-state index contributed by atoms with van der Waals surface area (Å²) in [6, 6.07) is 9.03. The summed E-state index contributed by atoms with van der Waals surface area (Å²) in [5, 5.41) is 4.71. The second-order valence-electron chi connectivity index (χ2n) is 5.23. The van der Waals surface area contributed by atoms with Crippen LogP contribution in [0, 0.1) is 0 Å². The van der Waals surface area contributed by atoms with Crippen molar-refractivity contribution in [3.8, 4) is 0 Å². The second-order valence-corrected chi connectivity index (χ2v) is 5.23. The van der Waals surface area contributed by atoms with Gasteiger partial charge in [-0.1, -0.05) is 32.0 Å². The minimum Gasteiger partial charge on any atom is -0.464 e. The fourth-order valence-electron chi connectivity index (χ4n) is 2.17. The molecule has 0 saturated heterocycles. The molecule has 18 heavy (non-hydrogen) atoms. The standard InChI is InChI=1S/C15H22N2O/c1-11(2)16-9-14(17(3)4)13-10-18-15-8-6-5-7-12(13)15/h5-8,10-11,14,16H,9H2,1-4H3. The number of nitrogens with zero attached hydrogens (tertiary/aromatic N) is 1. The van der Waals surface area contributed by atoms with Gasteiger partial charge in [0.05, 0.1) is 12.3 Å². The summed E-state index contributed by atoms with van der Waals surface area (Å²) in [7, 11) is 4.21. The number of para-hydroxylation sites is 1. The maximum Gasteiger partial charge on any atom is 0.134 e. The van der Waals surface area contributed by atoms with Crippen LogP contribution < -0.4 is 5.32 Å². The number of fused-ring (bicyclic) bond motifs is 1. The molecule has 1 aromatic heterocycles. The Balaban J connectivity index is 2.30. The number of furan rings is 1. The van der Waals surface area contributed by atoms with Crippen molar-refractivity contribution in [2.24, 2.45) is 0 Å². The van der Waals surface area contributed by atoms with Crippen LogP contribution in [0.1, 0.15) is 25.5 Å². The Kier molecular flexibility index (Phi) is 4.04. The maximum absolute atomic E-state index is 5.63. The molecule has 3 nitrogen and oxygen atoms in total. The van der Waals surface area contributed by atoms with Crippen molar-refractivity contribution < 1.29 is 4.42 Å². The molecule has 1 unspecified atom stereocenters. The molecule has 3 heteroatoms. The topological polar surface area (TPSA) is 28.4 Å². The van der Waals surface area contributed by atoms with E-state index in [2.05, 4.69) is 50.3 Å². The van der Waals surface area contributed by atoms with Gasteiger partial charge >= 0.3 is 0 Å². The van der Waals surface area contributed by atoms with Gasteiger partial charge in [0.15, 0.2) is 0 Å². The Morgan fingerprint density at radius 2 is 1.94 bits per heavy atom. The molecule has 1 aromatic carbocycles. The summed E-state index contributed by atoms with van der Waals surface area (Å²) in [6.45, 7) is 5.26. The highest BCUT2D eigenvalue weighted by Crippen LogP contribution is 2.28. The van der Waals surface area contributed by atoms with Crippen LogP contribution in [-0.2, 0) is 0 Å². The number of benzene rings is 1. The summed E-state index contributed by atoms with van der Waals surface area (Å²) >= 11 is 0. The van der Waals surface area contributed by atoms with E-state index >= 15 is 0 Å². The van der Waals surface area contributed by atoms with Crippen LogP contribution in [0.15, 0.2) is 34.9 Å². The van der Waals surface area contributed by atoms with Crippen molar-refractivity contribution in [2.75, 3.05) is 20.6 Å². The van der Waals surface area contributed by atoms with E-state index in [1.165, 1.54) is 10.9 Å². The molecule has 0 amide bonds. The van der Waals surface area contributed by atoms with Crippen molar-refractivity contribution in [3.05, 3.63) is 36.1 Å². The van der Waals surface area contributed by atoms with Gasteiger partial charge in [0.1, 0.15) is 5.58 Å². The summed E-state index contributed by atoms with van der Waals surface area (Å²) in [6.07, 6.45) is 1.89. The van der Waals surface area contributed by atoms with Gasteiger partial charge in [-0.25, -0.2) is 0 Å². The predicted molar refractivity (Wildman–Crippen MR) is 75.8 cm³/mol. The molecule has 0 bridgehead atoms. The highest BCUT2D eigenvalue weighted by Gasteiger charge is 2.19. The Labute approximate surface area is 109 Å². The molecule has 0 aliphatic carbocycles. The van der Waals surface area contributed by atoms with Crippen LogP contribution in [-0.4, -0.2) is 31.6 Å². The minimum atomic E-state index is 0.330. The van der Waals surface area contributed by atoms with E-state index < -0.39 is 0 Å². The molecule has 2 rings (SSSR count). The van der Waals surface area contributed by atoms with Gasteiger partial charge in [-0.05, 0) is 20.2 Å². The Bertz CT molecular complexity index is 502. The number of hydrogen-bond donors (Lipinski definition) is 1. The van der Waals surface area contributed by atoms with Crippen molar-refractivity contribution in [2.45, 2.75) is 25.9 Å². The van der Waals surface area contributed by atoms with Crippen LogP contribution in [0.3, 0.4) is 0 Å². The average molecular weight is 246 g/mol. The number of hydrogen-bond acceptors (Lipinski definition) is 3. The van der Waals surface area contributed by atoms with E-state index in [0.717, 1.165) is 12.1 Å². The van der Waals surface area contributed by atoms with Gasteiger partial charge in [-0.3, -0.25) is 0 Å². The molecule has 1 heterocycles. The monoisotopic (exact) mass is 246 g/mol. The van der Waals surface area contributed by atoms with E-state index in [0.29, 0.717) is 12.1 Å². The first-order chi connectivity index (χ1) is 8.59. The lowest BCUT2D eigenvalue weighted by Crippen LogP contribution is -2.34. The van der Waals surface area contributed by atoms with Crippen LogP contribution in [0.5, 0.6) is 0 Å². The van der Waals surface area contributed by atoms with E-state index in [4.69, 9.17) is 4.42 Å². The van der Waals surface area contributed by atoms with Crippen molar-refractivity contribution >= 4 is 11.0 Å². The van der Waals surface area contributed by atoms with E-state index in [1.54, 1.807) is 0 Å². The van der Waals surface area contributed by atoms with E-state index in [-0.39, 0.29) is 0 Å². The van der Waals surface area contributed by atoms with Gasteiger partial charge < -0.3 is 14.6 Å². The zero-order chi connectivity index (χ0) is 13.1. The van der Waals surface area contributed by atoms with Gasteiger partial charge in [-0.2, -0.15) is 0 Å². The normalized spacial score (nSPS) is 13.7. The maximum atomic E-state index is 5.63. The van der Waals surface area contributed by atoms with Gasteiger partial charge in [0.25, 0.3) is 0 Å². The zero-order valence-corrected chi connectivity index (χ0v) is 11.6. The molecule has 0 radical (unpaired) electrons. The highest BCUT2D eigenvalue weighted by atomic mass is 16.3. The summed E-state index contributed by atoms with van der Waals surface area (Å²) in [5.74, 6) is 0. The molecular formula is C15H22N2O. The first-order valence-corrected chi connectivity index (χ1v) is 6.45. The summed E-state index contributed by atoms with van der Waals surface area (Å²) in [4.78, 5) is 2.23. The van der Waals surface area contributed by atoms with Gasteiger partial charge in [0, 0.05) is 23.5 Å². The van der Waals surface area contributed by atoms with Crippen LogP contribution in [0.25, 0.3) is 11.0 Å². The number of likely N-dealkylation sites (N-methyl/N-ethyl adjacent to an activating group) is 1. The van der Waals surface area contributed by atoms with Crippen molar-refractivity contribution in [3.63, 3.8) is 0 Å². The van der Waals surface area contributed by atoms with Gasteiger partial charge in [-0.15, -0.1) is 0 Å². The molecule has 0 saturated carbocycles. The van der Waals surface area contributed by atoms with E-state index in [1.807, 2.05) is 18.4 Å². The average Bonchev–Trinajstić information content (AvgIpc) is 2.73. The lowest BCUT2D eigenvalue weighted by molar-refractivity contribution is 0.283. The molecular weight excluding hydrogens is 224 g/mol. The fraction of sp³-hybridized carbons (Fsp3) is 0.467. The lowest BCUT2D eigenvalue weighted by atomic mass is 10.0. The molecule has 1 atom stereocenters. The highest BCUT2D eigenvalue weighted by molar-refractivity contribution is 5.81. The van der Waals surface area contributed by atoms with Crippen LogP contribution >= 0.6 is 0 Å². The number of nitrogens with one attached hydrogen (secondary N) is 1. The Morgan fingerprint density at radius 3 is 2.61 bits per heavy atom. The smallest absolute Gasteiger partial charge is 0.134 e. The molecule has 0 fully saturated rings. The third-order valence-electron chi connectivity index (χ3n) is 3.21. The lowest BCUT2D eigenvalue weighted by Gasteiger charge is -2.25. The molecule has 0 spiro atoms. The quantitative estimate of drug-likeness (QED) is 0.879. The first kappa shape index (κ1) is 13.1.